The minimum absolute atomic E-state index is 0.0251. The van der Waals surface area contributed by atoms with Crippen molar-refractivity contribution in [3.05, 3.63) is 24.3 Å². The van der Waals surface area contributed by atoms with Gasteiger partial charge >= 0.3 is 0 Å². The molecule has 1 atom stereocenters. The second kappa shape index (κ2) is 5.48. The van der Waals surface area contributed by atoms with Crippen molar-refractivity contribution in [3.63, 3.8) is 0 Å². The highest BCUT2D eigenvalue weighted by Crippen LogP contribution is 2.19. The van der Waals surface area contributed by atoms with E-state index in [-0.39, 0.29) is 11.0 Å². The lowest BCUT2D eigenvalue weighted by Crippen LogP contribution is -2.34. The predicted octanol–water partition coefficient (Wildman–Crippen LogP) is 0.525. The van der Waals surface area contributed by atoms with Gasteiger partial charge in [0.25, 0.3) is 0 Å². The first kappa shape index (κ1) is 14.0. The molecular weight excluding hydrogens is 242 g/mol. The summed E-state index contributed by atoms with van der Waals surface area (Å²) in [6.07, 6.45) is 0.0251. The Morgan fingerprint density at radius 1 is 1.29 bits per heavy atom. The molecule has 0 heterocycles. The van der Waals surface area contributed by atoms with E-state index in [0.717, 1.165) is 0 Å². The van der Waals surface area contributed by atoms with Crippen LogP contribution in [0.15, 0.2) is 29.2 Å². The highest BCUT2D eigenvalue weighted by Gasteiger charge is 2.22. The fourth-order valence-corrected chi connectivity index (χ4v) is 2.31. The Morgan fingerprint density at radius 2 is 1.82 bits per heavy atom. The molecule has 1 unspecified atom stereocenters. The number of hydrogen-bond acceptors (Lipinski definition) is 5. The van der Waals surface area contributed by atoms with Crippen molar-refractivity contribution in [2.24, 2.45) is 5.73 Å². The number of aliphatic hydroxyl groups excluding tert-OH is 1. The molecule has 0 saturated carbocycles. The number of sulfone groups is 1. The molecule has 96 valence electrons. The summed E-state index contributed by atoms with van der Waals surface area (Å²) in [4.78, 5) is 0.0788. The van der Waals surface area contributed by atoms with Crippen LogP contribution >= 0.6 is 0 Å². The molecule has 5 nitrogen and oxygen atoms in total. The van der Waals surface area contributed by atoms with Crippen molar-refractivity contribution >= 4 is 9.84 Å². The minimum atomic E-state index is -3.66. The third-order valence-electron chi connectivity index (χ3n) is 2.10. The van der Waals surface area contributed by atoms with Crippen molar-refractivity contribution in [3.8, 4) is 5.75 Å². The first-order valence-electron chi connectivity index (χ1n) is 5.25. The Kier molecular flexibility index (Phi) is 4.50. The first-order valence-corrected chi connectivity index (χ1v) is 6.79. The lowest BCUT2D eigenvalue weighted by molar-refractivity contribution is 0.242. The fraction of sp³-hybridized carbons (Fsp3) is 0.455. The second-order valence-electron chi connectivity index (χ2n) is 3.90. The largest absolute Gasteiger partial charge is 0.491 e. The van der Waals surface area contributed by atoms with Gasteiger partial charge in [0.05, 0.1) is 17.6 Å². The van der Waals surface area contributed by atoms with Crippen molar-refractivity contribution in [2.75, 3.05) is 6.61 Å². The van der Waals surface area contributed by atoms with E-state index in [2.05, 4.69) is 0 Å². The molecule has 0 saturated heterocycles. The van der Waals surface area contributed by atoms with Crippen LogP contribution in [0.1, 0.15) is 13.8 Å². The van der Waals surface area contributed by atoms with Crippen LogP contribution in [0.25, 0.3) is 0 Å². The summed E-state index contributed by atoms with van der Waals surface area (Å²) in [6, 6.07) is 5.97. The first-order chi connectivity index (χ1) is 7.87. The van der Waals surface area contributed by atoms with Crippen LogP contribution in [0.3, 0.4) is 0 Å². The third-order valence-corrected chi connectivity index (χ3v) is 3.98. The molecule has 0 aliphatic carbocycles. The monoisotopic (exact) mass is 259 g/mol. The molecule has 0 aliphatic rings. The molecule has 0 bridgehead atoms. The molecule has 3 N–H and O–H groups in total. The number of ether oxygens (including phenoxy) is 1. The van der Waals surface area contributed by atoms with Gasteiger partial charge < -0.3 is 15.6 Å². The normalized spacial score (nSPS) is 13.7. The highest BCUT2D eigenvalue weighted by molar-refractivity contribution is 7.92. The second-order valence-corrected chi connectivity index (χ2v) is 6.07. The van der Waals surface area contributed by atoms with E-state index in [4.69, 9.17) is 15.6 Å². The van der Waals surface area contributed by atoms with Crippen LogP contribution in [0.2, 0.25) is 0 Å². The minimum Gasteiger partial charge on any atom is -0.491 e. The van der Waals surface area contributed by atoms with Gasteiger partial charge in [0.1, 0.15) is 11.1 Å². The van der Waals surface area contributed by atoms with Gasteiger partial charge in [-0.1, -0.05) is 0 Å². The summed E-state index contributed by atoms with van der Waals surface area (Å²) < 4.78 is 28.9. The Balaban J connectivity index is 2.95. The van der Waals surface area contributed by atoms with Gasteiger partial charge in [-0.2, -0.15) is 0 Å². The van der Waals surface area contributed by atoms with Gasteiger partial charge in [0.2, 0.25) is 0 Å². The molecule has 17 heavy (non-hydrogen) atoms. The molecule has 6 heteroatoms. The van der Waals surface area contributed by atoms with E-state index in [1.807, 2.05) is 13.8 Å². The zero-order chi connectivity index (χ0) is 13.1. The van der Waals surface area contributed by atoms with E-state index >= 15 is 0 Å². The van der Waals surface area contributed by atoms with E-state index in [0.29, 0.717) is 5.75 Å². The molecular formula is C11H17NO4S. The third kappa shape index (κ3) is 3.42. The Labute approximate surface area is 101 Å². The zero-order valence-electron chi connectivity index (χ0n) is 9.83. The lowest BCUT2D eigenvalue weighted by Gasteiger charge is -2.12. The number of aliphatic hydroxyl groups is 1. The maximum absolute atomic E-state index is 11.8. The van der Waals surface area contributed by atoms with Gasteiger partial charge in [-0.15, -0.1) is 0 Å². The number of nitrogens with two attached hydrogens (primary N) is 1. The fourth-order valence-electron chi connectivity index (χ4n) is 1.25. The van der Waals surface area contributed by atoms with Crippen molar-refractivity contribution in [1.29, 1.82) is 0 Å². The van der Waals surface area contributed by atoms with Crippen LogP contribution < -0.4 is 10.5 Å². The zero-order valence-corrected chi connectivity index (χ0v) is 10.6. The summed E-state index contributed by atoms with van der Waals surface area (Å²) in [5, 5.41) is 7.48. The molecule has 1 aromatic carbocycles. The van der Waals surface area contributed by atoms with Crippen LogP contribution in [-0.4, -0.2) is 31.6 Å². The van der Waals surface area contributed by atoms with Crippen LogP contribution in [0.4, 0.5) is 0 Å². The Morgan fingerprint density at radius 3 is 2.24 bits per heavy atom. The van der Waals surface area contributed by atoms with Crippen LogP contribution in [-0.2, 0) is 9.84 Å². The standard InChI is InChI=1S/C11H17NO4S/c1-8(2)16-9-3-5-10(6-4-9)17(14,15)11(12)7-13/h3-6,8,11,13H,7,12H2,1-2H3. The van der Waals surface area contributed by atoms with Crippen molar-refractivity contribution in [2.45, 2.75) is 30.2 Å². The molecule has 0 radical (unpaired) electrons. The highest BCUT2D eigenvalue weighted by atomic mass is 32.2. The topological polar surface area (TPSA) is 89.6 Å². The predicted molar refractivity (Wildman–Crippen MR) is 64.5 cm³/mol. The van der Waals surface area contributed by atoms with Gasteiger partial charge in [-0.05, 0) is 38.1 Å². The summed E-state index contributed by atoms with van der Waals surface area (Å²) in [5.74, 6) is 0.594. The molecule has 0 amide bonds. The average molecular weight is 259 g/mol. The molecule has 0 fully saturated rings. The summed E-state index contributed by atoms with van der Waals surface area (Å²) in [5.41, 5.74) is 5.33. The molecule has 0 aromatic heterocycles. The molecule has 0 spiro atoms. The molecule has 1 aromatic rings. The summed E-state index contributed by atoms with van der Waals surface area (Å²) in [7, 11) is -3.66. The maximum atomic E-state index is 11.8. The average Bonchev–Trinajstić information content (AvgIpc) is 2.27. The van der Waals surface area contributed by atoms with Crippen LogP contribution in [0, 0.1) is 0 Å². The van der Waals surface area contributed by atoms with E-state index in [9.17, 15) is 8.42 Å². The maximum Gasteiger partial charge on any atom is 0.196 e. The lowest BCUT2D eigenvalue weighted by atomic mass is 10.3. The van der Waals surface area contributed by atoms with Crippen molar-refractivity contribution < 1.29 is 18.3 Å². The molecule has 0 aliphatic heterocycles. The number of benzene rings is 1. The Hall–Kier alpha value is -1.11. The SMILES string of the molecule is CC(C)Oc1ccc(S(=O)(=O)C(N)CO)cc1. The van der Waals surface area contributed by atoms with Gasteiger partial charge in [0.15, 0.2) is 9.84 Å². The number of hydrogen-bond donors (Lipinski definition) is 2. The van der Waals surface area contributed by atoms with E-state index in [1.165, 1.54) is 12.1 Å². The van der Waals surface area contributed by atoms with Gasteiger partial charge in [-0.25, -0.2) is 8.42 Å². The quantitative estimate of drug-likeness (QED) is 0.805. The summed E-state index contributed by atoms with van der Waals surface area (Å²) >= 11 is 0. The van der Waals surface area contributed by atoms with Gasteiger partial charge in [-0.3, -0.25) is 0 Å². The van der Waals surface area contributed by atoms with Crippen LogP contribution in [0.5, 0.6) is 5.75 Å². The molecule has 1 rings (SSSR count). The van der Waals surface area contributed by atoms with E-state index in [1.54, 1.807) is 12.1 Å². The Bertz CT molecular complexity index is 453. The van der Waals surface area contributed by atoms with Crippen molar-refractivity contribution in [1.82, 2.24) is 0 Å². The number of rotatable bonds is 5. The summed E-state index contributed by atoms with van der Waals surface area (Å²) in [6.45, 7) is 3.16. The van der Waals surface area contributed by atoms with Gasteiger partial charge in [0, 0.05) is 0 Å². The van der Waals surface area contributed by atoms with E-state index < -0.39 is 21.8 Å². The smallest absolute Gasteiger partial charge is 0.196 e.